The van der Waals surface area contributed by atoms with Crippen LogP contribution in [0.5, 0.6) is 0 Å². The molecule has 3 aromatic rings. The number of amides is 1. The van der Waals surface area contributed by atoms with Crippen LogP contribution in [0.2, 0.25) is 0 Å². The van der Waals surface area contributed by atoms with E-state index in [2.05, 4.69) is 28.2 Å². The van der Waals surface area contributed by atoms with Gasteiger partial charge in [0.2, 0.25) is 5.88 Å². The maximum Gasteiger partial charge on any atom is 0.256 e. The van der Waals surface area contributed by atoms with E-state index in [9.17, 15) is 13.9 Å². The molecule has 2 aromatic carbocycles. The number of hydrogen-bond donors (Lipinski definition) is 4. The van der Waals surface area contributed by atoms with Gasteiger partial charge in [-0.15, -0.1) is 0 Å². The Morgan fingerprint density at radius 2 is 1.85 bits per heavy atom. The van der Waals surface area contributed by atoms with Crippen molar-refractivity contribution in [2.75, 3.05) is 11.8 Å². The van der Waals surface area contributed by atoms with Crippen LogP contribution in [-0.4, -0.2) is 43.5 Å². The Morgan fingerprint density at radius 1 is 1.10 bits per heavy atom. The number of rotatable bonds is 11. The Morgan fingerprint density at radius 3 is 2.54 bits per heavy atom. The van der Waals surface area contributed by atoms with E-state index in [1.54, 1.807) is 19.1 Å². The minimum atomic E-state index is -3.47. The maximum atomic E-state index is 13.7. The lowest BCUT2D eigenvalue weighted by Gasteiger charge is -2.34. The first kappa shape index (κ1) is 29.3. The summed E-state index contributed by atoms with van der Waals surface area (Å²) in [4.78, 5) is 21.0. The second-order valence-corrected chi connectivity index (χ2v) is 12.9. The average Bonchev–Trinajstić information content (AvgIpc) is 3.63. The normalized spacial score (nSPS) is 17.0. The zero-order valence-corrected chi connectivity index (χ0v) is 25.2. The zero-order valence-electron chi connectivity index (χ0n) is 24.4. The molecule has 0 unspecified atom stereocenters. The summed E-state index contributed by atoms with van der Waals surface area (Å²) in [5, 5.41) is 7.17. The monoisotopic (exact) mass is 579 g/mol. The summed E-state index contributed by atoms with van der Waals surface area (Å²) in [7, 11) is -1.59. The molecule has 2 heterocycles. The van der Waals surface area contributed by atoms with Gasteiger partial charge in [-0.05, 0) is 62.9 Å². The summed E-state index contributed by atoms with van der Waals surface area (Å²) in [6.07, 6.45) is 6.65. The van der Waals surface area contributed by atoms with E-state index < -0.39 is 16.3 Å². The summed E-state index contributed by atoms with van der Waals surface area (Å²) >= 11 is 0. The fourth-order valence-electron chi connectivity index (χ4n) is 5.86. The molecule has 0 atom stereocenters. The third-order valence-electron chi connectivity index (χ3n) is 8.24. The van der Waals surface area contributed by atoms with Crippen molar-refractivity contribution in [3.8, 4) is 11.1 Å². The second-order valence-electron chi connectivity index (χ2n) is 11.2. The first-order chi connectivity index (χ1) is 19.7. The van der Waals surface area contributed by atoms with Gasteiger partial charge in [0.1, 0.15) is 11.4 Å². The van der Waals surface area contributed by atoms with Crippen molar-refractivity contribution in [3.63, 3.8) is 0 Å². The molecule has 9 nitrogen and oxygen atoms in total. The van der Waals surface area contributed by atoms with Gasteiger partial charge in [-0.25, -0.2) is 4.72 Å². The van der Waals surface area contributed by atoms with Crippen LogP contribution in [0.25, 0.3) is 11.1 Å². The van der Waals surface area contributed by atoms with Crippen LogP contribution in [0.4, 0.5) is 5.88 Å². The van der Waals surface area contributed by atoms with Gasteiger partial charge in [-0.1, -0.05) is 78.5 Å². The number of carbonyl (C=O) groups excluding carboxylic acids is 1. The Balaban J connectivity index is 1.46. The molecule has 1 aliphatic carbocycles. The van der Waals surface area contributed by atoms with Crippen molar-refractivity contribution in [1.82, 2.24) is 15.4 Å². The van der Waals surface area contributed by atoms with Gasteiger partial charge >= 0.3 is 0 Å². The van der Waals surface area contributed by atoms with E-state index in [0.717, 1.165) is 73.0 Å². The largest absolute Gasteiger partial charge is 0.337 e. The Hall–Kier alpha value is -3.18. The van der Waals surface area contributed by atoms with E-state index in [-0.39, 0.29) is 11.8 Å². The van der Waals surface area contributed by atoms with Crippen LogP contribution in [0.3, 0.4) is 0 Å². The van der Waals surface area contributed by atoms with Crippen LogP contribution in [0, 0.1) is 13.8 Å². The van der Waals surface area contributed by atoms with Gasteiger partial charge in [-0.2, -0.15) is 0 Å². The number of benzene rings is 2. The fraction of sp³-hybridized carbons (Fsp3) is 0.452. The molecule has 1 aliphatic heterocycles. The molecule has 2 aliphatic rings. The Labute approximate surface area is 243 Å². The molecule has 0 radical (unpaired) electrons. The molecule has 5 rings (SSSR count). The van der Waals surface area contributed by atoms with Gasteiger partial charge < -0.3 is 9.84 Å². The van der Waals surface area contributed by atoms with Crippen LogP contribution >= 0.6 is 10.8 Å². The lowest BCUT2D eigenvalue weighted by atomic mass is 9.96. The minimum Gasteiger partial charge on any atom is -0.337 e. The molecule has 10 heteroatoms. The fourth-order valence-corrected chi connectivity index (χ4v) is 7.17. The number of amidine groups is 1. The molecule has 0 saturated heterocycles. The number of nitrogens with zero attached hydrogens (tertiary/aromatic N) is 3. The highest BCUT2D eigenvalue weighted by Gasteiger charge is 2.49. The highest BCUT2D eigenvalue weighted by atomic mass is 32.3. The topological polar surface area (TPSA) is 123 Å². The zero-order chi connectivity index (χ0) is 29.2. The van der Waals surface area contributed by atoms with Crippen molar-refractivity contribution in [2.45, 2.75) is 89.2 Å². The molecule has 0 bridgehead atoms. The summed E-state index contributed by atoms with van der Waals surface area (Å²) in [5.41, 5.74) is 4.44. The van der Waals surface area contributed by atoms with Crippen LogP contribution in [0.1, 0.15) is 74.3 Å². The van der Waals surface area contributed by atoms with Gasteiger partial charge in [0.25, 0.3) is 5.91 Å². The Bertz CT molecular complexity index is 1440. The van der Waals surface area contributed by atoms with E-state index in [1.165, 1.54) is 0 Å². The highest BCUT2D eigenvalue weighted by Crippen LogP contribution is 2.52. The summed E-state index contributed by atoms with van der Waals surface area (Å²) in [6.45, 7) is 6.82. The number of hydrogen-bond acceptors (Lipinski definition) is 8. The summed E-state index contributed by atoms with van der Waals surface area (Å²) in [5.74, 6) is 1.30. The molecule has 1 fully saturated rings. The number of aryl methyl sites for hydroxylation is 1. The number of aliphatic imine (C=N–C) groups is 1. The van der Waals surface area contributed by atoms with Gasteiger partial charge in [0.05, 0.1) is 17.1 Å². The quantitative estimate of drug-likeness (QED) is 0.192. The van der Waals surface area contributed by atoms with Gasteiger partial charge in [0, 0.05) is 24.1 Å². The molecular formula is C31H41N5O4S. The SMILES string of the molecule is CCCCC1=NC2(CCCC2)C(=O)N1Cc1ccc(-c2ccccc2S(O)(O)Nc2onc(C)c2C)c(CNC)c1. The summed E-state index contributed by atoms with van der Waals surface area (Å²) < 4.78 is 30.6. The second kappa shape index (κ2) is 12.0. The van der Waals surface area contributed by atoms with E-state index in [4.69, 9.17) is 9.52 Å². The number of aromatic nitrogens is 1. The van der Waals surface area contributed by atoms with Crippen molar-refractivity contribution in [2.24, 2.45) is 4.99 Å². The van der Waals surface area contributed by atoms with Crippen LogP contribution in [0.15, 0.2) is 56.9 Å². The third kappa shape index (κ3) is 5.79. The molecule has 1 spiro atoms. The molecule has 220 valence electrons. The summed E-state index contributed by atoms with van der Waals surface area (Å²) in [6, 6.07) is 13.4. The first-order valence-corrected chi connectivity index (χ1v) is 16.0. The smallest absolute Gasteiger partial charge is 0.256 e. The predicted molar refractivity (Wildman–Crippen MR) is 164 cm³/mol. The molecule has 1 amide bonds. The predicted octanol–water partition coefficient (Wildman–Crippen LogP) is 7.06. The lowest BCUT2D eigenvalue weighted by Crippen LogP contribution is -2.40. The standard InChI is InChI=1S/C31H41N5O4S/c1-5-6-13-28-33-31(16-9-10-17-31)30(37)36(28)20-23-14-15-25(24(18-23)19-32-4)26-11-7-8-12-27(26)41(38,39)35-29-21(2)22(3)34-40-29/h7-8,11-12,14-15,18,32,35,38-39H,5-6,9-10,13,16-17,19-20H2,1-4H3. The maximum absolute atomic E-state index is 13.7. The molecular weight excluding hydrogens is 538 g/mol. The van der Waals surface area contributed by atoms with Gasteiger partial charge in [0.15, 0.2) is 0 Å². The lowest BCUT2D eigenvalue weighted by molar-refractivity contribution is -0.131. The Kier molecular flexibility index (Phi) is 8.56. The van der Waals surface area contributed by atoms with E-state index in [0.29, 0.717) is 29.2 Å². The molecule has 41 heavy (non-hydrogen) atoms. The number of anilines is 1. The number of unbranched alkanes of at least 4 members (excludes halogenated alkanes) is 1. The van der Waals surface area contributed by atoms with Crippen molar-refractivity contribution < 1.29 is 18.4 Å². The third-order valence-corrected chi connectivity index (χ3v) is 9.68. The van der Waals surface area contributed by atoms with Crippen molar-refractivity contribution in [1.29, 1.82) is 0 Å². The minimum absolute atomic E-state index is 0.142. The number of nitrogens with one attached hydrogen (secondary N) is 2. The molecule has 1 saturated carbocycles. The van der Waals surface area contributed by atoms with E-state index in [1.807, 2.05) is 43.1 Å². The average molecular weight is 580 g/mol. The first-order valence-electron chi connectivity index (χ1n) is 14.4. The molecule has 4 N–H and O–H groups in total. The van der Waals surface area contributed by atoms with Crippen LogP contribution < -0.4 is 10.0 Å². The highest BCUT2D eigenvalue weighted by molar-refractivity contribution is 8.25. The van der Waals surface area contributed by atoms with Crippen molar-refractivity contribution in [3.05, 3.63) is 64.8 Å². The van der Waals surface area contributed by atoms with E-state index >= 15 is 0 Å². The van der Waals surface area contributed by atoms with Crippen LogP contribution in [-0.2, 0) is 17.9 Å². The molecule has 1 aromatic heterocycles. The van der Waals surface area contributed by atoms with Crippen molar-refractivity contribution >= 4 is 28.4 Å². The van der Waals surface area contributed by atoms with Gasteiger partial charge in [-0.3, -0.25) is 23.8 Å². The number of carbonyl (C=O) groups is 1.